The smallest absolute Gasteiger partial charge is 0.239 e. The topological polar surface area (TPSA) is 53.6 Å². The predicted molar refractivity (Wildman–Crippen MR) is 75.1 cm³/mol. The van der Waals surface area contributed by atoms with Crippen LogP contribution in [-0.4, -0.2) is 62.8 Å². The lowest BCUT2D eigenvalue weighted by Gasteiger charge is -2.23. The lowest BCUT2D eigenvalue weighted by Crippen LogP contribution is -2.51. The van der Waals surface area contributed by atoms with Gasteiger partial charge in [-0.2, -0.15) is 0 Å². The molecular weight excluding hydrogens is 242 g/mol. The van der Waals surface area contributed by atoms with E-state index in [4.69, 9.17) is 4.74 Å². The molecule has 5 heteroatoms. The van der Waals surface area contributed by atoms with Crippen molar-refractivity contribution in [1.82, 2.24) is 15.5 Å². The van der Waals surface area contributed by atoms with Crippen LogP contribution in [0.15, 0.2) is 0 Å². The van der Waals surface area contributed by atoms with Gasteiger partial charge in [-0.05, 0) is 38.9 Å². The summed E-state index contributed by atoms with van der Waals surface area (Å²) in [5.41, 5.74) is 0. The monoisotopic (exact) mass is 269 g/mol. The molecule has 1 atom stereocenters. The predicted octanol–water partition coefficient (Wildman–Crippen LogP) is 0.357. The standard InChI is InChI=1S/C14H27N3O2/c18-14(13-12-19-11-7-15-13)16-6-5-10-17-8-3-1-2-4-9-17/h13,15H,1-12H2,(H,16,18). The van der Waals surface area contributed by atoms with Crippen molar-refractivity contribution >= 4 is 5.91 Å². The van der Waals surface area contributed by atoms with E-state index in [-0.39, 0.29) is 11.9 Å². The molecule has 0 saturated carbocycles. The highest BCUT2D eigenvalue weighted by molar-refractivity contribution is 5.81. The van der Waals surface area contributed by atoms with Crippen LogP contribution in [-0.2, 0) is 9.53 Å². The molecule has 5 nitrogen and oxygen atoms in total. The molecule has 2 heterocycles. The highest BCUT2D eigenvalue weighted by Gasteiger charge is 2.20. The van der Waals surface area contributed by atoms with Gasteiger partial charge in [-0.3, -0.25) is 4.79 Å². The number of ether oxygens (including phenoxy) is 1. The number of rotatable bonds is 5. The zero-order valence-electron chi connectivity index (χ0n) is 11.8. The number of morpholine rings is 1. The summed E-state index contributed by atoms with van der Waals surface area (Å²) in [7, 11) is 0. The second kappa shape index (κ2) is 8.51. The molecule has 2 aliphatic heterocycles. The number of hydrogen-bond acceptors (Lipinski definition) is 4. The molecule has 0 bridgehead atoms. The molecule has 0 aromatic carbocycles. The molecule has 0 aromatic heterocycles. The van der Waals surface area contributed by atoms with Crippen LogP contribution < -0.4 is 10.6 Å². The summed E-state index contributed by atoms with van der Waals surface area (Å²) in [5.74, 6) is 0.0792. The minimum Gasteiger partial charge on any atom is -0.378 e. The number of hydrogen-bond donors (Lipinski definition) is 2. The van der Waals surface area contributed by atoms with Crippen molar-refractivity contribution in [3.8, 4) is 0 Å². The van der Waals surface area contributed by atoms with E-state index in [9.17, 15) is 4.79 Å². The average molecular weight is 269 g/mol. The zero-order chi connectivity index (χ0) is 13.3. The lowest BCUT2D eigenvalue weighted by molar-refractivity contribution is -0.125. The van der Waals surface area contributed by atoms with Crippen molar-refractivity contribution in [2.75, 3.05) is 45.9 Å². The van der Waals surface area contributed by atoms with Crippen molar-refractivity contribution in [1.29, 1.82) is 0 Å². The first-order valence-electron chi connectivity index (χ1n) is 7.67. The van der Waals surface area contributed by atoms with Gasteiger partial charge in [0.05, 0.1) is 13.2 Å². The minimum absolute atomic E-state index is 0.0792. The molecule has 0 radical (unpaired) electrons. The van der Waals surface area contributed by atoms with Crippen LogP contribution >= 0.6 is 0 Å². The Morgan fingerprint density at radius 1 is 1.26 bits per heavy atom. The first-order valence-corrected chi connectivity index (χ1v) is 7.67. The van der Waals surface area contributed by atoms with Crippen molar-refractivity contribution in [2.24, 2.45) is 0 Å². The van der Waals surface area contributed by atoms with Gasteiger partial charge in [0.15, 0.2) is 0 Å². The average Bonchev–Trinajstić information content (AvgIpc) is 2.73. The summed E-state index contributed by atoms with van der Waals surface area (Å²) in [4.78, 5) is 14.4. The Morgan fingerprint density at radius 2 is 2.05 bits per heavy atom. The van der Waals surface area contributed by atoms with E-state index in [1.165, 1.54) is 38.8 Å². The largest absolute Gasteiger partial charge is 0.378 e. The van der Waals surface area contributed by atoms with Crippen molar-refractivity contribution in [3.05, 3.63) is 0 Å². The van der Waals surface area contributed by atoms with Crippen LogP contribution in [0.4, 0.5) is 0 Å². The molecule has 0 aromatic rings. The fourth-order valence-corrected chi connectivity index (χ4v) is 2.73. The molecule has 0 spiro atoms. The highest BCUT2D eigenvalue weighted by Crippen LogP contribution is 2.09. The molecule has 2 saturated heterocycles. The number of carbonyl (C=O) groups excluding carboxylic acids is 1. The van der Waals surface area contributed by atoms with Crippen molar-refractivity contribution in [3.63, 3.8) is 0 Å². The van der Waals surface area contributed by atoms with Gasteiger partial charge < -0.3 is 20.3 Å². The van der Waals surface area contributed by atoms with Gasteiger partial charge in [0.25, 0.3) is 0 Å². The van der Waals surface area contributed by atoms with E-state index >= 15 is 0 Å². The van der Waals surface area contributed by atoms with Gasteiger partial charge in [0.2, 0.25) is 5.91 Å². The molecule has 2 aliphatic rings. The van der Waals surface area contributed by atoms with Gasteiger partial charge in [-0.1, -0.05) is 12.8 Å². The van der Waals surface area contributed by atoms with E-state index in [1.54, 1.807) is 0 Å². The third-order valence-electron chi connectivity index (χ3n) is 3.89. The van der Waals surface area contributed by atoms with Crippen molar-refractivity contribution < 1.29 is 9.53 Å². The Bertz CT molecular complexity index is 259. The summed E-state index contributed by atoms with van der Waals surface area (Å²) in [6.45, 7) is 6.31. The quantitative estimate of drug-likeness (QED) is 0.708. The normalized spacial score (nSPS) is 25.8. The summed E-state index contributed by atoms with van der Waals surface area (Å²) in [5, 5.41) is 6.17. The van der Waals surface area contributed by atoms with E-state index in [0.29, 0.717) is 13.2 Å². The third kappa shape index (κ3) is 5.47. The Balaban J connectivity index is 1.54. The Kier molecular flexibility index (Phi) is 6.61. The first kappa shape index (κ1) is 14.8. The van der Waals surface area contributed by atoms with E-state index in [0.717, 1.165) is 26.1 Å². The van der Waals surface area contributed by atoms with Crippen LogP contribution in [0, 0.1) is 0 Å². The minimum atomic E-state index is -0.160. The van der Waals surface area contributed by atoms with Crippen LogP contribution in [0.2, 0.25) is 0 Å². The van der Waals surface area contributed by atoms with Crippen molar-refractivity contribution in [2.45, 2.75) is 38.1 Å². The highest BCUT2D eigenvalue weighted by atomic mass is 16.5. The van der Waals surface area contributed by atoms with Crippen LogP contribution in [0.3, 0.4) is 0 Å². The summed E-state index contributed by atoms with van der Waals surface area (Å²) >= 11 is 0. The summed E-state index contributed by atoms with van der Waals surface area (Å²) < 4.78 is 5.29. The molecule has 2 fully saturated rings. The maximum Gasteiger partial charge on any atom is 0.239 e. The maximum atomic E-state index is 11.8. The van der Waals surface area contributed by atoms with Gasteiger partial charge in [0.1, 0.15) is 6.04 Å². The number of nitrogens with zero attached hydrogens (tertiary/aromatic N) is 1. The van der Waals surface area contributed by atoms with E-state index in [1.807, 2.05) is 0 Å². The molecule has 19 heavy (non-hydrogen) atoms. The van der Waals surface area contributed by atoms with Gasteiger partial charge >= 0.3 is 0 Å². The molecule has 0 aliphatic carbocycles. The Hall–Kier alpha value is -0.650. The molecule has 1 unspecified atom stereocenters. The molecule has 2 rings (SSSR count). The molecule has 110 valence electrons. The number of nitrogens with one attached hydrogen (secondary N) is 2. The van der Waals surface area contributed by atoms with Crippen LogP contribution in [0.1, 0.15) is 32.1 Å². The summed E-state index contributed by atoms with van der Waals surface area (Å²) in [6, 6.07) is -0.160. The van der Waals surface area contributed by atoms with Gasteiger partial charge in [0, 0.05) is 13.1 Å². The molecule has 1 amide bonds. The lowest BCUT2D eigenvalue weighted by atomic mass is 10.2. The zero-order valence-corrected chi connectivity index (χ0v) is 11.8. The second-order valence-corrected chi connectivity index (χ2v) is 5.48. The SMILES string of the molecule is O=C(NCCCN1CCCCCC1)C1COCCN1. The van der Waals surface area contributed by atoms with Gasteiger partial charge in [-0.25, -0.2) is 0 Å². The second-order valence-electron chi connectivity index (χ2n) is 5.48. The molecular formula is C14H27N3O2. The van der Waals surface area contributed by atoms with Crippen LogP contribution in [0.5, 0.6) is 0 Å². The Labute approximate surface area is 116 Å². The van der Waals surface area contributed by atoms with Crippen LogP contribution in [0.25, 0.3) is 0 Å². The Morgan fingerprint density at radius 3 is 2.74 bits per heavy atom. The molecule has 2 N–H and O–H groups in total. The van der Waals surface area contributed by atoms with Gasteiger partial charge in [-0.15, -0.1) is 0 Å². The number of carbonyl (C=O) groups is 1. The van der Waals surface area contributed by atoms with E-state index in [2.05, 4.69) is 15.5 Å². The maximum absolute atomic E-state index is 11.8. The summed E-state index contributed by atoms with van der Waals surface area (Å²) in [6.07, 6.45) is 6.45. The fraction of sp³-hybridized carbons (Fsp3) is 0.929. The fourth-order valence-electron chi connectivity index (χ4n) is 2.73. The van der Waals surface area contributed by atoms with E-state index < -0.39 is 0 Å². The third-order valence-corrected chi connectivity index (χ3v) is 3.89. The first-order chi connectivity index (χ1) is 9.36. The number of amides is 1. The number of likely N-dealkylation sites (tertiary alicyclic amines) is 1.